The van der Waals surface area contributed by atoms with Crippen molar-refractivity contribution >= 4 is 22.9 Å². The molecule has 0 aliphatic rings. The fourth-order valence-electron chi connectivity index (χ4n) is 1.52. The van der Waals surface area contributed by atoms with E-state index in [2.05, 4.69) is 4.98 Å². The first-order valence-electron chi connectivity index (χ1n) is 4.93. The van der Waals surface area contributed by atoms with Gasteiger partial charge in [0.2, 0.25) is 5.78 Å². The van der Waals surface area contributed by atoms with E-state index in [0.29, 0.717) is 11.7 Å². The van der Waals surface area contributed by atoms with Gasteiger partial charge >= 0.3 is 6.18 Å². The van der Waals surface area contributed by atoms with Crippen LogP contribution in [0, 0.1) is 5.41 Å². The summed E-state index contributed by atoms with van der Waals surface area (Å²) < 4.78 is 37.5. The summed E-state index contributed by atoms with van der Waals surface area (Å²) in [6.07, 6.45) is -3.11. The molecule has 0 radical (unpaired) electrons. The van der Waals surface area contributed by atoms with Crippen molar-refractivity contribution in [3.63, 3.8) is 0 Å². The van der Waals surface area contributed by atoms with Gasteiger partial charge in [0.05, 0.1) is 17.3 Å². The van der Waals surface area contributed by atoms with Crippen molar-refractivity contribution in [3.8, 4) is 0 Å². The Bertz CT molecular complexity index is 635. The highest BCUT2D eigenvalue weighted by molar-refractivity contribution is 6.34. The Labute approximate surface area is 99.8 Å². The van der Waals surface area contributed by atoms with Gasteiger partial charge in [-0.05, 0) is 24.3 Å². The molecule has 0 fully saturated rings. The highest BCUT2D eigenvalue weighted by atomic mass is 19.4. The minimum atomic E-state index is -4.47. The molecular formula is C12H7F3N2O. The van der Waals surface area contributed by atoms with Crippen LogP contribution in [0.25, 0.3) is 10.9 Å². The second-order valence-corrected chi connectivity index (χ2v) is 3.64. The van der Waals surface area contributed by atoms with Crippen molar-refractivity contribution in [1.29, 1.82) is 5.41 Å². The first kappa shape index (κ1) is 12.2. The number of halogens is 3. The van der Waals surface area contributed by atoms with Gasteiger partial charge in [-0.25, -0.2) is 0 Å². The van der Waals surface area contributed by atoms with E-state index in [9.17, 15) is 18.0 Å². The Morgan fingerprint density at radius 3 is 2.61 bits per heavy atom. The summed E-state index contributed by atoms with van der Waals surface area (Å²) in [7, 11) is 0. The van der Waals surface area contributed by atoms with Crippen molar-refractivity contribution in [2.24, 2.45) is 0 Å². The number of benzene rings is 1. The number of pyridine rings is 1. The SMILES string of the molecule is N=CC(=O)c1ccc2ncc(C(F)(F)F)cc2c1. The molecule has 0 spiro atoms. The molecule has 0 amide bonds. The number of rotatable bonds is 2. The molecule has 0 bridgehead atoms. The Kier molecular flexibility index (Phi) is 2.86. The maximum absolute atomic E-state index is 12.5. The molecule has 92 valence electrons. The van der Waals surface area contributed by atoms with Crippen molar-refractivity contribution in [2.45, 2.75) is 6.18 Å². The number of hydrogen-bond acceptors (Lipinski definition) is 3. The topological polar surface area (TPSA) is 53.8 Å². The summed E-state index contributed by atoms with van der Waals surface area (Å²) >= 11 is 0. The number of carbonyl (C=O) groups is 1. The van der Waals surface area contributed by atoms with Gasteiger partial charge < -0.3 is 5.41 Å². The van der Waals surface area contributed by atoms with Crippen LogP contribution in [0.1, 0.15) is 15.9 Å². The maximum atomic E-state index is 12.5. The summed E-state index contributed by atoms with van der Waals surface area (Å²) in [6, 6.07) is 5.11. The van der Waals surface area contributed by atoms with E-state index in [1.807, 2.05) is 0 Å². The van der Waals surface area contributed by atoms with Crippen LogP contribution in [-0.2, 0) is 6.18 Å². The number of nitrogens with one attached hydrogen (secondary N) is 1. The molecule has 0 saturated carbocycles. The predicted octanol–water partition coefficient (Wildman–Crippen LogP) is 3.09. The highest BCUT2D eigenvalue weighted by Gasteiger charge is 2.31. The molecule has 6 heteroatoms. The fraction of sp³-hybridized carbons (Fsp3) is 0.0833. The molecule has 0 unspecified atom stereocenters. The number of alkyl halides is 3. The van der Waals surface area contributed by atoms with E-state index >= 15 is 0 Å². The number of carbonyl (C=O) groups excluding carboxylic acids is 1. The number of ketones is 1. The van der Waals surface area contributed by atoms with E-state index in [1.165, 1.54) is 18.2 Å². The van der Waals surface area contributed by atoms with Crippen molar-refractivity contribution in [1.82, 2.24) is 4.98 Å². The molecule has 2 rings (SSSR count). The molecule has 2 aromatic rings. The quantitative estimate of drug-likeness (QED) is 0.659. The molecular weight excluding hydrogens is 245 g/mol. The molecule has 1 aromatic heterocycles. The number of hydrogen-bond donors (Lipinski definition) is 1. The van der Waals surface area contributed by atoms with Crippen LogP contribution in [0.2, 0.25) is 0 Å². The molecule has 3 nitrogen and oxygen atoms in total. The third-order valence-electron chi connectivity index (χ3n) is 2.42. The average molecular weight is 252 g/mol. The standard InChI is InChI=1S/C12H7F3N2O/c13-12(14,15)9-4-8-3-7(11(18)5-16)1-2-10(8)17-6-9/h1-6,16H. The molecule has 1 aromatic carbocycles. The van der Waals surface area contributed by atoms with Crippen molar-refractivity contribution < 1.29 is 18.0 Å². The minimum Gasteiger partial charge on any atom is -0.305 e. The van der Waals surface area contributed by atoms with Gasteiger partial charge in [0.1, 0.15) is 0 Å². The van der Waals surface area contributed by atoms with Crippen molar-refractivity contribution in [3.05, 3.63) is 41.6 Å². The lowest BCUT2D eigenvalue weighted by molar-refractivity contribution is -0.137. The van der Waals surface area contributed by atoms with Gasteiger partial charge in [0, 0.05) is 17.1 Å². The van der Waals surface area contributed by atoms with Crippen molar-refractivity contribution in [2.75, 3.05) is 0 Å². The van der Waals surface area contributed by atoms with Crippen LogP contribution in [0.4, 0.5) is 13.2 Å². The second-order valence-electron chi connectivity index (χ2n) is 3.64. The van der Waals surface area contributed by atoms with Gasteiger partial charge in [0.25, 0.3) is 0 Å². The Morgan fingerprint density at radius 2 is 2.00 bits per heavy atom. The zero-order valence-corrected chi connectivity index (χ0v) is 8.95. The number of nitrogens with zero attached hydrogens (tertiary/aromatic N) is 1. The van der Waals surface area contributed by atoms with Crippen LogP contribution in [0.15, 0.2) is 30.5 Å². The van der Waals surface area contributed by atoms with Gasteiger partial charge in [-0.15, -0.1) is 0 Å². The monoisotopic (exact) mass is 252 g/mol. The Hall–Kier alpha value is -2.24. The van der Waals surface area contributed by atoms with Crippen LogP contribution in [-0.4, -0.2) is 17.0 Å². The zero-order valence-electron chi connectivity index (χ0n) is 8.95. The van der Waals surface area contributed by atoms with E-state index in [0.717, 1.165) is 12.3 Å². The number of aromatic nitrogens is 1. The normalized spacial score (nSPS) is 11.5. The highest BCUT2D eigenvalue weighted by Crippen LogP contribution is 2.30. The Morgan fingerprint density at radius 1 is 1.28 bits per heavy atom. The summed E-state index contributed by atoms with van der Waals surface area (Å²) in [5, 5.41) is 7.05. The second kappa shape index (κ2) is 4.21. The van der Waals surface area contributed by atoms with E-state index in [-0.39, 0.29) is 10.9 Å². The molecule has 0 saturated heterocycles. The van der Waals surface area contributed by atoms with Gasteiger partial charge in [-0.3, -0.25) is 9.78 Å². The summed E-state index contributed by atoms with van der Waals surface area (Å²) in [6.45, 7) is 0. The van der Waals surface area contributed by atoms with Crippen LogP contribution < -0.4 is 0 Å². The minimum absolute atomic E-state index is 0.165. The zero-order chi connectivity index (χ0) is 13.3. The molecule has 0 aliphatic carbocycles. The smallest absolute Gasteiger partial charge is 0.305 e. The lowest BCUT2D eigenvalue weighted by Crippen LogP contribution is -2.05. The number of fused-ring (bicyclic) bond motifs is 1. The van der Waals surface area contributed by atoms with Gasteiger partial charge in [-0.1, -0.05) is 0 Å². The maximum Gasteiger partial charge on any atom is 0.417 e. The molecule has 1 N–H and O–H groups in total. The van der Waals surface area contributed by atoms with Crippen LogP contribution in [0.3, 0.4) is 0 Å². The van der Waals surface area contributed by atoms with Crippen LogP contribution in [0.5, 0.6) is 0 Å². The van der Waals surface area contributed by atoms with Gasteiger partial charge in [-0.2, -0.15) is 13.2 Å². The van der Waals surface area contributed by atoms with E-state index in [1.54, 1.807) is 0 Å². The summed E-state index contributed by atoms with van der Waals surface area (Å²) in [5.74, 6) is -0.561. The summed E-state index contributed by atoms with van der Waals surface area (Å²) in [5.41, 5.74) is -0.336. The van der Waals surface area contributed by atoms with Gasteiger partial charge in [0.15, 0.2) is 0 Å². The third-order valence-corrected chi connectivity index (χ3v) is 2.42. The average Bonchev–Trinajstić information content (AvgIpc) is 2.35. The third kappa shape index (κ3) is 2.22. The Balaban J connectivity index is 2.60. The van der Waals surface area contributed by atoms with E-state index in [4.69, 9.17) is 5.41 Å². The lowest BCUT2D eigenvalue weighted by atomic mass is 10.1. The molecule has 18 heavy (non-hydrogen) atoms. The lowest BCUT2D eigenvalue weighted by Gasteiger charge is -2.07. The predicted molar refractivity (Wildman–Crippen MR) is 59.9 cm³/mol. The van der Waals surface area contributed by atoms with Crippen LogP contribution >= 0.6 is 0 Å². The largest absolute Gasteiger partial charge is 0.417 e. The molecule has 1 heterocycles. The fourth-order valence-corrected chi connectivity index (χ4v) is 1.52. The summed E-state index contributed by atoms with van der Waals surface area (Å²) in [4.78, 5) is 14.9. The molecule has 0 atom stereocenters. The molecule has 0 aliphatic heterocycles. The number of Topliss-reactive ketones (excluding diaryl/α,β-unsaturated/α-hetero) is 1. The van der Waals surface area contributed by atoms with E-state index < -0.39 is 17.5 Å². The first-order chi connectivity index (χ1) is 8.41. The first-order valence-corrected chi connectivity index (χ1v) is 4.93.